The van der Waals surface area contributed by atoms with Gasteiger partial charge in [-0.2, -0.15) is 0 Å². The van der Waals surface area contributed by atoms with E-state index in [1.807, 2.05) is 67.8 Å². The van der Waals surface area contributed by atoms with Gasteiger partial charge in [0, 0.05) is 16.7 Å². The summed E-state index contributed by atoms with van der Waals surface area (Å²) in [6.45, 7) is -3.65. The van der Waals surface area contributed by atoms with Gasteiger partial charge >= 0.3 is 0 Å². The third kappa shape index (κ3) is 11.0. The molecular formula is C25H25I6N5O11. The van der Waals surface area contributed by atoms with Crippen molar-refractivity contribution in [2.45, 2.75) is 12.2 Å². The normalized spacial score (nSPS) is 12.2. The van der Waals surface area contributed by atoms with Crippen LogP contribution in [0.25, 0.3) is 0 Å². The van der Waals surface area contributed by atoms with E-state index < -0.39 is 68.2 Å². The van der Waals surface area contributed by atoms with Crippen LogP contribution in [0.1, 0.15) is 31.1 Å². The van der Waals surface area contributed by atoms with E-state index in [9.17, 15) is 44.4 Å². The number of carbonyl (C=O) groups excluding carboxylic acids is 5. The first kappa shape index (κ1) is 43.1. The van der Waals surface area contributed by atoms with Gasteiger partial charge in [-0.15, -0.1) is 0 Å². The number of anilines is 3. The first-order valence-corrected chi connectivity index (χ1v) is 19.2. The number of hydrogen-bond donors (Lipinski definition) is 11. The molecule has 0 aromatic heterocycles. The van der Waals surface area contributed by atoms with Gasteiger partial charge in [-0.3, -0.25) is 24.0 Å². The van der Waals surface area contributed by atoms with Crippen LogP contribution in [0.2, 0.25) is 0 Å². The highest BCUT2D eigenvalue weighted by Gasteiger charge is 2.31. The lowest BCUT2D eigenvalue weighted by molar-refractivity contribution is -0.119. The summed E-state index contributed by atoms with van der Waals surface area (Å²) in [7, 11) is 0. The zero-order valence-electron chi connectivity index (χ0n) is 23.4. The van der Waals surface area contributed by atoms with Crippen LogP contribution in [0.15, 0.2) is 0 Å². The molecule has 0 saturated heterocycles. The molecule has 11 N–H and O–H groups in total. The Labute approximate surface area is 348 Å². The van der Waals surface area contributed by atoms with Crippen molar-refractivity contribution in [3.8, 4) is 0 Å². The molecule has 258 valence electrons. The number of benzene rings is 2. The van der Waals surface area contributed by atoms with E-state index in [2.05, 4.69) is 26.6 Å². The van der Waals surface area contributed by atoms with Crippen LogP contribution in [-0.2, 0) is 9.59 Å². The van der Waals surface area contributed by atoms with Crippen molar-refractivity contribution in [3.63, 3.8) is 0 Å². The second-order valence-electron chi connectivity index (χ2n) is 9.09. The number of aliphatic hydroxyl groups is 6. The number of amides is 5. The number of aliphatic hydroxyl groups excluding tert-OH is 6. The highest BCUT2D eigenvalue weighted by molar-refractivity contribution is 14.1. The Morgan fingerprint density at radius 3 is 1.17 bits per heavy atom. The summed E-state index contributed by atoms with van der Waals surface area (Å²) in [4.78, 5) is 65.1. The average molecular weight is 1330 g/mol. The molecule has 22 heteroatoms. The quantitative estimate of drug-likeness (QED) is 0.117. The molecule has 0 aliphatic carbocycles. The van der Waals surface area contributed by atoms with E-state index in [4.69, 9.17) is 10.2 Å². The van der Waals surface area contributed by atoms with Crippen LogP contribution in [0.4, 0.5) is 17.1 Å². The summed E-state index contributed by atoms with van der Waals surface area (Å²) in [6.07, 6.45) is -2.52. The number of nitrogens with one attached hydrogen (secondary N) is 5. The lowest BCUT2D eigenvalue weighted by Crippen LogP contribution is -2.35. The zero-order valence-corrected chi connectivity index (χ0v) is 36.3. The Morgan fingerprint density at radius 1 is 0.489 bits per heavy atom. The molecule has 0 heterocycles. The fourth-order valence-corrected chi connectivity index (χ4v) is 12.1. The lowest BCUT2D eigenvalue weighted by Gasteiger charge is -2.22. The first-order chi connectivity index (χ1) is 22.0. The van der Waals surface area contributed by atoms with Gasteiger partial charge in [0.05, 0.1) is 77.0 Å². The molecule has 47 heavy (non-hydrogen) atoms. The Bertz CT molecular complexity index is 1580. The van der Waals surface area contributed by atoms with Crippen LogP contribution in [0, 0.1) is 21.4 Å². The van der Waals surface area contributed by atoms with Crippen molar-refractivity contribution in [1.82, 2.24) is 10.6 Å². The van der Waals surface area contributed by atoms with E-state index in [0.717, 1.165) is 0 Å². The van der Waals surface area contributed by atoms with Crippen LogP contribution in [0.5, 0.6) is 0 Å². The smallest absolute Gasteiger partial charge is 0.257 e. The van der Waals surface area contributed by atoms with E-state index in [0.29, 0.717) is 0 Å². The summed E-state index contributed by atoms with van der Waals surface area (Å²) < 4.78 is 1.24. The Kier molecular flexibility index (Phi) is 18.4. The van der Waals surface area contributed by atoms with E-state index in [1.165, 1.54) is 0 Å². The molecule has 16 nitrogen and oxygen atoms in total. The standard InChI is InChI=1S/C25H25I6N5O11/c26-14-11(23(45)32-1-7(41)3-37)15(27)20(34-9(43)5-39)16(28)12(14)25(47)36-22-18(30)13(24(46)33-2-8(42)4-38)17(29)21(19(22)31)35-10(44)6-40/h7-8,37-42H,1-6H2,(H,32,45)(H,33,46)(H,34,43)(H,35,44)(H,36,47). The molecule has 2 atom stereocenters. The highest BCUT2D eigenvalue weighted by Crippen LogP contribution is 2.41. The molecule has 5 amide bonds. The van der Waals surface area contributed by atoms with Crippen molar-refractivity contribution in [2.75, 3.05) is 55.5 Å². The summed E-state index contributed by atoms with van der Waals surface area (Å²) in [5.74, 6) is -3.91. The number of hydrogen-bond acceptors (Lipinski definition) is 11. The van der Waals surface area contributed by atoms with Gasteiger partial charge in [0.1, 0.15) is 13.2 Å². The number of halogens is 6. The molecule has 0 spiro atoms. The average Bonchev–Trinajstić information content (AvgIpc) is 3.04. The Balaban J connectivity index is 2.81. The first-order valence-electron chi connectivity index (χ1n) is 12.7. The van der Waals surface area contributed by atoms with Gasteiger partial charge in [-0.1, -0.05) is 0 Å². The summed E-state index contributed by atoms with van der Waals surface area (Å²) in [6, 6.07) is 0. The fourth-order valence-electron chi connectivity index (χ4n) is 3.52. The lowest BCUT2D eigenvalue weighted by atomic mass is 10.1. The van der Waals surface area contributed by atoms with Crippen molar-refractivity contribution >= 4 is 182 Å². The molecule has 2 aromatic rings. The van der Waals surface area contributed by atoms with Crippen molar-refractivity contribution in [3.05, 3.63) is 38.1 Å². The second kappa shape index (κ2) is 20.1. The van der Waals surface area contributed by atoms with Gasteiger partial charge < -0.3 is 57.2 Å². The van der Waals surface area contributed by atoms with Crippen molar-refractivity contribution in [1.29, 1.82) is 0 Å². The van der Waals surface area contributed by atoms with Gasteiger partial charge in [0.15, 0.2) is 0 Å². The summed E-state index contributed by atoms with van der Waals surface area (Å²) >= 11 is 10.8. The van der Waals surface area contributed by atoms with Crippen molar-refractivity contribution < 1.29 is 54.6 Å². The zero-order chi connectivity index (χ0) is 35.7. The fraction of sp³-hybridized carbons (Fsp3) is 0.320. The van der Waals surface area contributed by atoms with Gasteiger partial charge in [0.25, 0.3) is 17.7 Å². The third-order valence-electron chi connectivity index (χ3n) is 5.79. The molecule has 2 unspecified atom stereocenters. The topological polar surface area (TPSA) is 267 Å². The minimum atomic E-state index is -1.27. The van der Waals surface area contributed by atoms with Crippen LogP contribution in [-0.4, -0.2) is 112 Å². The monoisotopic (exact) mass is 1330 g/mol. The Morgan fingerprint density at radius 2 is 0.809 bits per heavy atom. The van der Waals surface area contributed by atoms with Gasteiger partial charge in [-0.25, -0.2) is 0 Å². The maximum atomic E-state index is 14.1. The maximum absolute atomic E-state index is 14.1. The van der Waals surface area contributed by atoms with E-state index in [1.54, 1.807) is 67.8 Å². The SMILES string of the molecule is O=C(CO)Nc1c(I)c(NC(=O)c2c(I)c(NC(=O)CO)c(I)c(C(=O)NCC(O)CO)c2I)c(I)c(C(=O)NCC(O)CO)c1I. The molecule has 0 aliphatic rings. The molecule has 2 aromatic carbocycles. The molecule has 0 saturated carbocycles. The number of carbonyl (C=O) groups is 5. The largest absolute Gasteiger partial charge is 0.394 e. The van der Waals surface area contributed by atoms with Crippen LogP contribution < -0.4 is 26.6 Å². The van der Waals surface area contributed by atoms with Gasteiger partial charge in [-0.05, 0) is 136 Å². The molecule has 0 aliphatic heterocycles. The Hall–Kier alpha value is -0.0700. The van der Waals surface area contributed by atoms with E-state index in [-0.39, 0.29) is 68.3 Å². The van der Waals surface area contributed by atoms with Crippen LogP contribution in [0.3, 0.4) is 0 Å². The summed E-state index contributed by atoms with van der Waals surface area (Å²) in [5, 5.41) is 69.1. The maximum Gasteiger partial charge on any atom is 0.257 e. The molecule has 0 radical (unpaired) electrons. The highest BCUT2D eigenvalue weighted by atomic mass is 127. The predicted molar refractivity (Wildman–Crippen MR) is 219 cm³/mol. The van der Waals surface area contributed by atoms with Crippen LogP contribution >= 0.6 is 136 Å². The van der Waals surface area contributed by atoms with Gasteiger partial charge in [0.2, 0.25) is 11.8 Å². The molecular weight excluding hydrogens is 1310 g/mol. The molecule has 0 fully saturated rings. The minimum absolute atomic E-state index is 0.00861. The third-order valence-corrected chi connectivity index (χ3v) is 12.3. The predicted octanol–water partition coefficient (Wildman–Crippen LogP) is 0.594. The molecule has 0 bridgehead atoms. The second-order valence-corrected chi connectivity index (χ2v) is 15.6. The van der Waals surface area contributed by atoms with E-state index >= 15 is 0 Å². The minimum Gasteiger partial charge on any atom is -0.394 e. The summed E-state index contributed by atoms with van der Waals surface area (Å²) in [5.41, 5.74) is 0.0244. The number of rotatable bonds is 14. The van der Waals surface area contributed by atoms with Crippen molar-refractivity contribution in [2.24, 2.45) is 0 Å². The molecule has 2 rings (SSSR count).